The summed E-state index contributed by atoms with van der Waals surface area (Å²) in [5, 5.41) is 3.14. The highest BCUT2D eigenvalue weighted by atomic mass is 32.1. The highest BCUT2D eigenvalue weighted by molar-refractivity contribution is 7.09. The molecule has 2 rings (SSSR count). The number of aromatic nitrogens is 1. The summed E-state index contributed by atoms with van der Waals surface area (Å²) in [6.45, 7) is 2.29. The van der Waals surface area contributed by atoms with Crippen LogP contribution in [0.3, 0.4) is 0 Å². The Kier molecular flexibility index (Phi) is 2.39. The summed E-state index contributed by atoms with van der Waals surface area (Å²) >= 11 is 1.69. The van der Waals surface area contributed by atoms with Crippen molar-refractivity contribution in [3.8, 4) is 0 Å². The Bertz CT molecular complexity index is 270. The molecule has 72 valence electrons. The fraction of sp³-hybridized carbons (Fsp3) is 0.700. The number of rotatable bonds is 1. The summed E-state index contributed by atoms with van der Waals surface area (Å²) in [7, 11) is 0. The molecule has 0 spiro atoms. The molecule has 1 aromatic heterocycles. The molecule has 2 atom stereocenters. The van der Waals surface area contributed by atoms with Gasteiger partial charge in [0, 0.05) is 11.6 Å². The molecule has 0 bridgehead atoms. The van der Waals surface area contributed by atoms with Gasteiger partial charge in [0.25, 0.3) is 0 Å². The van der Waals surface area contributed by atoms with Gasteiger partial charge in [-0.3, -0.25) is 0 Å². The lowest BCUT2D eigenvalue weighted by atomic mass is 9.77. The van der Waals surface area contributed by atoms with Gasteiger partial charge in [-0.1, -0.05) is 19.8 Å². The van der Waals surface area contributed by atoms with Gasteiger partial charge in [-0.2, -0.15) is 0 Å². The quantitative estimate of drug-likeness (QED) is 0.749. The van der Waals surface area contributed by atoms with Crippen LogP contribution < -0.4 is 5.73 Å². The minimum absolute atomic E-state index is 0.119. The second kappa shape index (κ2) is 3.39. The molecule has 1 aromatic rings. The Labute approximate surface area is 83.2 Å². The molecule has 0 aliphatic heterocycles. The summed E-state index contributed by atoms with van der Waals surface area (Å²) in [6.07, 6.45) is 6.63. The van der Waals surface area contributed by atoms with Crippen LogP contribution in [0.25, 0.3) is 0 Å². The predicted molar refractivity (Wildman–Crippen MR) is 55.6 cm³/mol. The fourth-order valence-electron chi connectivity index (χ4n) is 2.26. The van der Waals surface area contributed by atoms with Crippen molar-refractivity contribution in [3.63, 3.8) is 0 Å². The Hall–Kier alpha value is -0.410. The molecule has 1 aliphatic carbocycles. The van der Waals surface area contributed by atoms with E-state index in [1.54, 1.807) is 11.3 Å². The minimum Gasteiger partial charge on any atom is -0.319 e. The molecule has 13 heavy (non-hydrogen) atoms. The van der Waals surface area contributed by atoms with E-state index in [1.807, 2.05) is 11.6 Å². The zero-order valence-corrected chi connectivity index (χ0v) is 8.81. The van der Waals surface area contributed by atoms with E-state index in [0.717, 1.165) is 23.8 Å². The SMILES string of the molecule is CC1CCCC(N)(c2nccs2)C1. The Morgan fingerprint density at radius 2 is 2.54 bits per heavy atom. The zero-order chi connectivity index (χ0) is 9.31. The number of nitrogens with two attached hydrogens (primary N) is 1. The monoisotopic (exact) mass is 196 g/mol. The zero-order valence-electron chi connectivity index (χ0n) is 7.99. The van der Waals surface area contributed by atoms with Gasteiger partial charge < -0.3 is 5.73 Å². The summed E-state index contributed by atoms with van der Waals surface area (Å²) < 4.78 is 0. The van der Waals surface area contributed by atoms with Crippen molar-refractivity contribution in [2.45, 2.75) is 38.1 Å². The maximum atomic E-state index is 6.36. The van der Waals surface area contributed by atoms with E-state index in [1.165, 1.54) is 12.8 Å². The van der Waals surface area contributed by atoms with E-state index in [4.69, 9.17) is 5.73 Å². The third-order valence-electron chi connectivity index (χ3n) is 2.89. The minimum atomic E-state index is -0.119. The first-order valence-electron chi connectivity index (χ1n) is 4.89. The molecule has 3 heteroatoms. The van der Waals surface area contributed by atoms with Crippen LogP contribution in [-0.4, -0.2) is 4.98 Å². The molecule has 0 aromatic carbocycles. The molecule has 0 saturated heterocycles. The Morgan fingerprint density at radius 3 is 3.15 bits per heavy atom. The van der Waals surface area contributed by atoms with Crippen LogP contribution in [-0.2, 0) is 5.54 Å². The van der Waals surface area contributed by atoms with Gasteiger partial charge in [0.1, 0.15) is 5.01 Å². The van der Waals surface area contributed by atoms with Crippen molar-refractivity contribution in [2.24, 2.45) is 11.7 Å². The molecule has 1 fully saturated rings. The highest BCUT2D eigenvalue weighted by Crippen LogP contribution is 2.38. The Morgan fingerprint density at radius 1 is 1.69 bits per heavy atom. The first-order valence-corrected chi connectivity index (χ1v) is 5.77. The topological polar surface area (TPSA) is 38.9 Å². The number of nitrogens with zero attached hydrogens (tertiary/aromatic N) is 1. The molecule has 0 radical (unpaired) electrons. The van der Waals surface area contributed by atoms with Crippen LogP contribution >= 0.6 is 11.3 Å². The molecule has 2 unspecified atom stereocenters. The molecular weight excluding hydrogens is 180 g/mol. The number of hydrogen-bond acceptors (Lipinski definition) is 3. The molecule has 1 aliphatic rings. The Balaban J connectivity index is 2.20. The van der Waals surface area contributed by atoms with E-state index in [2.05, 4.69) is 11.9 Å². The lowest BCUT2D eigenvalue weighted by molar-refractivity contribution is 0.238. The predicted octanol–water partition coefficient (Wildman–Crippen LogP) is 2.51. The molecule has 1 heterocycles. The van der Waals surface area contributed by atoms with E-state index >= 15 is 0 Å². The van der Waals surface area contributed by atoms with Gasteiger partial charge >= 0.3 is 0 Å². The van der Waals surface area contributed by atoms with E-state index < -0.39 is 0 Å². The van der Waals surface area contributed by atoms with Gasteiger partial charge in [0.15, 0.2) is 0 Å². The molecule has 1 saturated carbocycles. The molecular formula is C10H16N2S. The average molecular weight is 196 g/mol. The first kappa shape index (κ1) is 9.16. The standard InChI is InChI=1S/C10H16N2S/c1-8-3-2-4-10(11,7-8)9-12-5-6-13-9/h5-6,8H,2-4,7,11H2,1H3. The van der Waals surface area contributed by atoms with Crippen LogP contribution in [0.4, 0.5) is 0 Å². The van der Waals surface area contributed by atoms with Gasteiger partial charge in [-0.25, -0.2) is 4.98 Å². The second-order valence-corrected chi connectivity index (χ2v) is 5.09. The largest absolute Gasteiger partial charge is 0.319 e. The van der Waals surface area contributed by atoms with Gasteiger partial charge in [-0.05, 0) is 18.8 Å². The maximum absolute atomic E-state index is 6.36. The van der Waals surface area contributed by atoms with Crippen molar-refractivity contribution in [3.05, 3.63) is 16.6 Å². The highest BCUT2D eigenvalue weighted by Gasteiger charge is 2.34. The smallest absolute Gasteiger partial charge is 0.112 e. The summed E-state index contributed by atoms with van der Waals surface area (Å²) in [5.74, 6) is 0.752. The maximum Gasteiger partial charge on any atom is 0.112 e. The van der Waals surface area contributed by atoms with Gasteiger partial charge in [0.2, 0.25) is 0 Å². The third-order valence-corrected chi connectivity index (χ3v) is 3.88. The summed E-state index contributed by atoms with van der Waals surface area (Å²) in [5.41, 5.74) is 6.24. The van der Waals surface area contributed by atoms with Crippen LogP contribution in [0.15, 0.2) is 11.6 Å². The van der Waals surface area contributed by atoms with Gasteiger partial charge in [-0.15, -0.1) is 11.3 Å². The van der Waals surface area contributed by atoms with Crippen LogP contribution in [0, 0.1) is 5.92 Å². The number of thiazole rings is 1. The second-order valence-electron chi connectivity index (χ2n) is 4.19. The fourth-order valence-corrected chi connectivity index (χ4v) is 3.05. The van der Waals surface area contributed by atoms with Gasteiger partial charge in [0.05, 0.1) is 5.54 Å². The van der Waals surface area contributed by atoms with Crippen molar-refractivity contribution in [1.29, 1.82) is 0 Å². The first-order chi connectivity index (χ1) is 6.21. The summed E-state index contributed by atoms with van der Waals surface area (Å²) in [6, 6.07) is 0. The van der Waals surface area contributed by atoms with E-state index in [0.29, 0.717) is 0 Å². The molecule has 0 amide bonds. The normalized spacial score (nSPS) is 34.8. The lowest BCUT2D eigenvalue weighted by Gasteiger charge is -2.34. The number of hydrogen-bond donors (Lipinski definition) is 1. The van der Waals surface area contributed by atoms with E-state index in [9.17, 15) is 0 Å². The van der Waals surface area contributed by atoms with Crippen LogP contribution in [0.5, 0.6) is 0 Å². The third kappa shape index (κ3) is 1.76. The average Bonchev–Trinajstić information content (AvgIpc) is 2.55. The van der Waals surface area contributed by atoms with Crippen LogP contribution in [0.1, 0.15) is 37.6 Å². The lowest BCUT2D eigenvalue weighted by Crippen LogP contribution is -2.40. The van der Waals surface area contributed by atoms with Crippen LogP contribution in [0.2, 0.25) is 0 Å². The summed E-state index contributed by atoms with van der Waals surface area (Å²) in [4.78, 5) is 4.34. The molecule has 2 nitrogen and oxygen atoms in total. The van der Waals surface area contributed by atoms with Crippen molar-refractivity contribution in [1.82, 2.24) is 4.98 Å². The molecule has 2 N–H and O–H groups in total. The van der Waals surface area contributed by atoms with Crippen molar-refractivity contribution >= 4 is 11.3 Å². The van der Waals surface area contributed by atoms with Crippen molar-refractivity contribution in [2.75, 3.05) is 0 Å². The van der Waals surface area contributed by atoms with Crippen molar-refractivity contribution < 1.29 is 0 Å². The van der Waals surface area contributed by atoms with E-state index in [-0.39, 0.29) is 5.54 Å².